The molecule has 0 spiro atoms. The number of rotatable bonds is 0. The largest absolute Gasteiger partial charge is 1.00 e. The minimum atomic E-state index is -4.67. The maximum Gasteiger partial charge on any atom is 1.00 e. The van der Waals surface area contributed by atoms with Crippen LogP contribution >= 0.6 is 0 Å². The summed E-state index contributed by atoms with van der Waals surface area (Å²) in [5.41, 5.74) is 0. The van der Waals surface area contributed by atoms with E-state index in [0.29, 0.717) is 0 Å². The predicted octanol–water partition coefficient (Wildman–Crippen LogP) is -3.61. The van der Waals surface area contributed by atoms with Crippen LogP contribution < -0.4 is 29.6 Å². The quantitative estimate of drug-likeness (QED) is 0.206. The zero-order valence-corrected chi connectivity index (χ0v) is 13.9. The summed E-state index contributed by atoms with van der Waals surface area (Å²) in [4.78, 5) is 0. The van der Waals surface area contributed by atoms with Gasteiger partial charge in [-0.3, -0.25) is 13.7 Å². The molecule has 0 saturated carbocycles. The van der Waals surface area contributed by atoms with Gasteiger partial charge in [0.1, 0.15) is 0 Å². The molecule has 104 valence electrons. The molecule has 0 aliphatic carbocycles. The minimum Gasteiger partial charge on any atom is -1.00 e. The standard InChI is InChI=1S/CN.Fe.H2NO3S.Na.2Ni.H2O4S.H/c1-2;;1-5(2,3)4;;;;1-5(2,3)4;/h;;(H2-,1,2,3,4);;;;(H2,1,2,3,4);/q-1;;-1;+1;;;;-1. The van der Waals surface area contributed by atoms with E-state index < -0.39 is 20.7 Å². The molecular formula is CH5FeN2NaNi2O7S2-2. The van der Waals surface area contributed by atoms with E-state index in [-0.39, 0.29) is 81.0 Å². The molecule has 0 bridgehead atoms. The maximum atomic E-state index is 8.85. The Balaban J connectivity index is -0.0000000110. The SMILES string of the molecule is O=S(=O)(O)O.[C-]#N.[Fe].[H-].[NH-]S(=O)(=O)O.[Na+].[Ni].[Ni]. The van der Waals surface area contributed by atoms with Crippen molar-refractivity contribution in [3.05, 3.63) is 11.7 Å². The first-order valence-corrected chi connectivity index (χ1v) is 4.48. The average Bonchev–Trinajstić information content (AvgIpc) is 1.59. The summed E-state index contributed by atoms with van der Waals surface area (Å²) in [7, 11) is -9.08. The maximum absolute atomic E-state index is 8.85. The molecule has 0 radical (unpaired) electrons. The second-order valence-corrected chi connectivity index (χ2v) is 2.77. The molecule has 0 saturated heterocycles. The van der Waals surface area contributed by atoms with Crippen molar-refractivity contribution in [3.63, 3.8) is 0 Å². The fraction of sp³-hybridized carbons (Fsp3) is 0. The number of nitrogens with zero attached hydrogens (tertiary/aromatic N) is 1. The smallest absolute Gasteiger partial charge is 1.00 e. The second-order valence-electron chi connectivity index (χ2n) is 0.923. The second kappa shape index (κ2) is 22.0. The van der Waals surface area contributed by atoms with Crippen molar-refractivity contribution in [1.29, 1.82) is 5.26 Å². The summed E-state index contributed by atoms with van der Waals surface area (Å²) in [6.45, 7) is 4.75. The summed E-state index contributed by atoms with van der Waals surface area (Å²) in [5, 5.41) is 11.7. The van der Waals surface area contributed by atoms with Gasteiger partial charge in [0, 0.05) is 50.1 Å². The van der Waals surface area contributed by atoms with Gasteiger partial charge in [-0.2, -0.15) is 8.42 Å². The summed E-state index contributed by atoms with van der Waals surface area (Å²) in [6.07, 6.45) is 0. The fourth-order valence-corrected chi connectivity index (χ4v) is 0. The molecule has 4 N–H and O–H groups in total. The molecule has 9 nitrogen and oxygen atoms in total. The summed E-state index contributed by atoms with van der Waals surface area (Å²) < 4.78 is 56.5. The Morgan fingerprint density at radius 3 is 1.00 bits per heavy atom. The van der Waals surface area contributed by atoms with Gasteiger partial charge in [-0.05, 0) is 0 Å². The Morgan fingerprint density at radius 1 is 1.00 bits per heavy atom. The normalized spacial score (nSPS) is 7.38. The Kier molecular flexibility index (Phi) is 59.2. The van der Waals surface area contributed by atoms with Crippen LogP contribution in [0.5, 0.6) is 0 Å². The van der Waals surface area contributed by atoms with Gasteiger partial charge in [-0.25, -0.2) is 8.42 Å². The third kappa shape index (κ3) is 1130. The monoisotopic (exact) mass is 416 g/mol. The molecule has 0 aliphatic rings. The number of hydrogen-bond acceptors (Lipinski definition) is 5. The van der Waals surface area contributed by atoms with E-state index in [1.165, 1.54) is 0 Å². The van der Waals surface area contributed by atoms with Gasteiger partial charge in [0.2, 0.25) is 0 Å². The van der Waals surface area contributed by atoms with E-state index in [1.54, 1.807) is 0 Å². The van der Waals surface area contributed by atoms with Gasteiger partial charge in [-0.1, -0.05) is 0 Å². The summed E-state index contributed by atoms with van der Waals surface area (Å²) >= 11 is 0. The molecule has 0 fully saturated rings. The van der Waals surface area contributed by atoms with E-state index in [4.69, 9.17) is 47.5 Å². The van der Waals surface area contributed by atoms with Crippen molar-refractivity contribution >= 4 is 20.7 Å². The van der Waals surface area contributed by atoms with Gasteiger partial charge in [-0.15, -0.1) is 0 Å². The molecule has 0 amide bonds. The van der Waals surface area contributed by atoms with Crippen LogP contribution in [0.1, 0.15) is 1.43 Å². The van der Waals surface area contributed by atoms with E-state index in [1.807, 2.05) is 0 Å². The predicted molar refractivity (Wildman–Crippen MR) is 36.1 cm³/mol. The van der Waals surface area contributed by atoms with Gasteiger partial charge >= 0.3 is 40.0 Å². The fourth-order valence-electron chi connectivity index (χ4n) is 0. The van der Waals surface area contributed by atoms with Crippen molar-refractivity contribution in [3.8, 4) is 0 Å². The first-order valence-electron chi connectivity index (χ1n) is 1.64. The van der Waals surface area contributed by atoms with Gasteiger partial charge in [0.15, 0.2) is 10.3 Å². The van der Waals surface area contributed by atoms with Crippen molar-refractivity contribution in [2.45, 2.75) is 0 Å². The van der Waals surface area contributed by atoms with Gasteiger partial charge in [0.25, 0.3) is 0 Å². The summed E-state index contributed by atoms with van der Waals surface area (Å²) in [5.74, 6) is 0. The van der Waals surface area contributed by atoms with Crippen LogP contribution in [0.25, 0.3) is 5.14 Å². The van der Waals surface area contributed by atoms with E-state index in [2.05, 4.69) is 0 Å². The average molecular weight is 417 g/mol. The third-order valence-electron chi connectivity index (χ3n) is 0. The Bertz CT molecular complexity index is 274. The molecule has 0 aromatic rings. The van der Waals surface area contributed by atoms with Crippen LogP contribution in [0.15, 0.2) is 0 Å². The van der Waals surface area contributed by atoms with Gasteiger partial charge < -0.3 is 18.4 Å². The van der Waals surface area contributed by atoms with Crippen LogP contribution in [-0.4, -0.2) is 30.5 Å². The molecular weight excluding hydrogens is 412 g/mol. The molecule has 0 aromatic heterocycles. The van der Waals surface area contributed by atoms with Crippen molar-refractivity contribution in [2.24, 2.45) is 0 Å². The van der Waals surface area contributed by atoms with Crippen LogP contribution in [0.3, 0.4) is 0 Å². The Morgan fingerprint density at radius 2 is 1.00 bits per heavy atom. The Hall–Kier alpha value is 1.74. The summed E-state index contributed by atoms with van der Waals surface area (Å²) in [6, 6.07) is 0. The first kappa shape index (κ1) is 43.1. The van der Waals surface area contributed by atoms with Crippen molar-refractivity contribution in [1.82, 2.24) is 0 Å². The van der Waals surface area contributed by atoms with Crippen molar-refractivity contribution in [2.75, 3.05) is 0 Å². The third-order valence-corrected chi connectivity index (χ3v) is 0. The minimum absolute atomic E-state index is 0. The molecule has 0 aliphatic heterocycles. The number of nitrogens with one attached hydrogen (secondary N) is 1. The van der Waals surface area contributed by atoms with Crippen LogP contribution in [-0.2, 0) is 70.8 Å². The topological polar surface area (TPSA) is 177 Å². The molecule has 0 heterocycles. The Labute approximate surface area is 147 Å². The van der Waals surface area contributed by atoms with Gasteiger partial charge in [0.05, 0.1) is 0 Å². The number of hydrogen-bond donors (Lipinski definition) is 3. The van der Waals surface area contributed by atoms with E-state index in [9.17, 15) is 0 Å². The van der Waals surface area contributed by atoms with Crippen molar-refractivity contribution < 1.29 is 112 Å². The van der Waals surface area contributed by atoms with E-state index in [0.717, 1.165) is 0 Å². The first-order chi connectivity index (χ1) is 5.00. The van der Waals surface area contributed by atoms with Crippen LogP contribution in [0.2, 0.25) is 0 Å². The molecule has 15 heteroatoms. The van der Waals surface area contributed by atoms with Crippen LogP contribution in [0.4, 0.5) is 0 Å². The van der Waals surface area contributed by atoms with Crippen LogP contribution in [0, 0.1) is 11.8 Å². The molecule has 0 unspecified atom stereocenters. The van der Waals surface area contributed by atoms with E-state index >= 15 is 0 Å². The zero-order valence-electron chi connectivity index (χ0n) is 8.22. The molecule has 0 rings (SSSR count). The molecule has 16 heavy (non-hydrogen) atoms. The zero-order chi connectivity index (χ0) is 11.0. The molecule has 0 aromatic carbocycles. The molecule has 0 atom stereocenters.